The molecule has 110 valence electrons. The quantitative estimate of drug-likeness (QED) is 0.696. The molecule has 0 nitrogen and oxygen atoms in total. The van der Waals surface area contributed by atoms with Crippen molar-refractivity contribution in [3.8, 4) is 0 Å². The summed E-state index contributed by atoms with van der Waals surface area (Å²) in [6.45, 7) is 0. The van der Waals surface area contributed by atoms with Crippen molar-refractivity contribution in [2.75, 3.05) is 0 Å². The maximum atomic E-state index is 13.3. The predicted octanol–water partition coefficient (Wildman–Crippen LogP) is 4.65. The third-order valence-electron chi connectivity index (χ3n) is 5.50. The summed E-state index contributed by atoms with van der Waals surface area (Å²) in [4.78, 5) is 0. The first-order valence-corrected chi connectivity index (χ1v) is 10.2. The lowest BCUT2D eigenvalue weighted by atomic mass is 9.72. The molecule has 1 saturated heterocycles. The van der Waals surface area contributed by atoms with Crippen molar-refractivity contribution < 1.29 is 8.78 Å². The second kappa shape index (κ2) is 6.38. The number of hydrogen-bond acceptors (Lipinski definition) is 0. The molecule has 0 bridgehead atoms. The molecule has 0 amide bonds. The van der Waals surface area contributed by atoms with Gasteiger partial charge in [-0.1, -0.05) is 31.0 Å². The van der Waals surface area contributed by atoms with Crippen LogP contribution >= 0.6 is 0 Å². The van der Waals surface area contributed by atoms with Gasteiger partial charge in [0.1, 0.15) is 0 Å². The van der Waals surface area contributed by atoms with Gasteiger partial charge >= 0.3 is 0 Å². The van der Waals surface area contributed by atoms with E-state index in [1.807, 2.05) is 0 Å². The molecule has 0 spiro atoms. The lowest BCUT2D eigenvalue weighted by Crippen LogP contribution is -2.24. The van der Waals surface area contributed by atoms with Crippen molar-refractivity contribution in [2.24, 2.45) is 11.8 Å². The lowest BCUT2D eigenvalue weighted by Gasteiger charge is -2.36. The van der Waals surface area contributed by atoms with Crippen LogP contribution in [0.25, 0.3) is 0 Å². The van der Waals surface area contributed by atoms with Crippen molar-refractivity contribution in [3.05, 3.63) is 35.4 Å². The van der Waals surface area contributed by atoms with Gasteiger partial charge in [0, 0.05) is 9.52 Å². The van der Waals surface area contributed by atoms with E-state index in [1.54, 1.807) is 18.2 Å². The summed E-state index contributed by atoms with van der Waals surface area (Å²) in [5, 5.41) is 0. The van der Waals surface area contributed by atoms with Gasteiger partial charge in [0.25, 0.3) is 0 Å². The van der Waals surface area contributed by atoms with Crippen LogP contribution in [0.2, 0.25) is 12.1 Å². The Kier molecular flexibility index (Phi) is 4.54. The SMILES string of the molecule is Fc1ccc(C2CCC(C3CC[SiH2]CC3)CC2)cc1F. The molecule has 20 heavy (non-hydrogen) atoms. The molecule has 0 aromatic heterocycles. The van der Waals surface area contributed by atoms with E-state index in [0.29, 0.717) is 15.4 Å². The minimum absolute atomic E-state index is 0.303. The fourth-order valence-electron chi connectivity index (χ4n) is 4.30. The molecule has 1 aliphatic carbocycles. The van der Waals surface area contributed by atoms with E-state index in [1.165, 1.54) is 37.8 Å². The van der Waals surface area contributed by atoms with Crippen LogP contribution in [0.3, 0.4) is 0 Å². The zero-order valence-corrected chi connectivity index (χ0v) is 13.5. The van der Waals surface area contributed by atoms with Crippen LogP contribution in [0.5, 0.6) is 0 Å². The van der Waals surface area contributed by atoms with Gasteiger partial charge in [0.15, 0.2) is 11.6 Å². The van der Waals surface area contributed by atoms with Crippen LogP contribution in [-0.4, -0.2) is 9.52 Å². The topological polar surface area (TPSA) is 0 Å². The zero-order valence-electron chi connectivity index (χ0n) is 12.1. The first-order chi connectivity index (χ1) is 9.74. The van der Waals surface area contributed by atoms with Gasteiger partial charge in [-0.25, -0.2) is 8.78 Å². The standard InChI is InChI=1S/C17H24F2Si/c18-16-6-5-15(11-17(16)19)13-3-1-12(2-4-13)14-7-9-20-10-8-14/h5-6,11-14H,1-4,7-10,20H2. The van der Waals surface area contributed by atoms with E-state index in [2.05, 4.69) is 0 Å². The summed E-state index contributed by atoms with van der Waals surface area (Å²) in [6, 6.07) is 7.56. The highest BCUT2D eigenvalue weighted by molar-refractivity contribution is 6.35. The molecule has 1 aromatic carbocycles. The zero-order chi connectivity index (χ0) is 13.9. The maximum absolute atomic E-state index is 13.3. The number of rotatable bonds is 2. The van der Waals surface area contributed by atoms with Crippen molar-refractivity contribution in [1.82, 2.24) is 0 Å². The smallest absolute Gasteiger partial charge is 0.159 e. The largest absolute Gasteiger partial charge is 0.204 e. The molecule has 0 N–H and O–H groups in total. The summed E-state index contributed by atoms with van der Waals surface area (Å²) in [5.74, 6) is 0.906. The fourth-order valence-corrected chi connectivity index (χ4v) is 6.28. The van der Waals surface area contributed by atoms with Gasteiger partial charge in [0.2, 0.25) is 0 Å². The summed E-state index contributed by atoms with van der Waals surface area (Å²) >= 11 is 0. The second-order valence-electron chi connectivity index (χ2n) is 6.68. The van der Waals surface area contributed by atoms with Crippen LogP contribution in [0.15, 0.2) is 18.2 Å². The summed E-state index contributed by atoms with van der Waals surface area (Å²) in [5.41, 5.74) is 0.999. The van der Waals surface area contributed by atoms with E-state index >= 15 is 0 Å². The van der Waals surface area contributed by atoms with Crippen molar-refractivity contribution >= 4 is 9.52 Å². The number of benzene rings is 1. The van der Waals surface area contributed by atoms with Gasteiger partial charge in [-0.3, -0.25) is 0 Å². The predicted molar refractivity (Wildman–Crippen MR) is 81.9 cm³/mol. The van der Waals surface area contributed by atoms with Crippen LogP contribution in [0.4, 0.5) is 8.78 Å². The highest BCUT2D eigenvalue weighted by Gasteiger charge is 2.29. The monoisotopic (exact) mass is 294 g/mol. The Morgan fingerprint density at radius 3 is 2.10 bits per heavy atom. The molecule has 3 heteroatoms. The Bertz CT molecular complexity index is 446. The van der Waals surface area contributed by atoms with Crippen molar-refractivity contribution in [2.45, 2.75) is 56.5 Å². The highest BCUT2D eigenvalue weighted by atomic mass is 28.2. The Morgan fingerprint density at radius 1 is 0.800 bits per heavy atom. The molecule has 0 radical (unpaired) electrons. The molecular weight excluding hydrogens is 270 g/mol. The van der Waals surface area contributed by atoms with Crippen LogP contribution < -0.4 is 0 Å². The molecule has 1 aliphatic heterocycles. The van der Waals surface area contributed by atoms with Crippen LogP contribution in [0.1, 0.15) is 50.0 Å². The molecule has 0 unspecified atom stereocenters. The molecule has 1 heterocycles. The first kappa shape index (κ1) is 14.2. The summed E-state index contributed by atoms with van der Waals surface area (Å²) < 4.78 is 26.3. The maximum Gasteiger partial charge on any atom is 0.159 e. The Morgan fingerprint density at radius 2 is 1.45 bits per heavy atom. The van der Waals surface area contributed by atoms with Gasteiger partial charge in [0.05, 0.1) is 0 Å². The highest BCUT2D eigenvalue weighted by Crippen LogP contribution is 2.42. The third kappa shape index (κ3) is 3.13. The molecule has 2 fully saturated rings. The van der Waals surface area contributed by atoms with E-state index in [9.17, 15) is 8.78 Å². The van der Waals surface area contributed by atoms with Gasteiger partial charge in [-0.2, -0.15) is 0 Å². The van der Waals surface area contributed by atoms with Gasteiger partial charge in [-0.15, -0.1) is 0 Å². The van der Waals surface area contributed by atoms with E-state index in [-0.39, 0.29) is 0 Å². The van der Waals surface area contributed by atoms with Crippen molar-refractivity contribution in [1.29, 1.82) is 0 Å². The average molecular weight is 294 g/mol. The fraction of sp³-hybridized carbons (Fsp3) is 0.647. The lowest BCUT2D eigenvalue weighted by molar-refractivity contribution is 0.217. The minimum Gasteiger partial charge on any atom is -0.204 e. The number of hydrogen-bond donors (Lipinski definition) is 0. The van der Waals surface area contributed by atoms with E-state index in [0.717, 1.165) is 30.2 Å². The normalized spacial score (nSPS) is 32.4. The van der Waals surface area contributed by atoms with Gasteiger partial charge in [-0.05, 0) is 61.1 Å². The molecule has 3 rings (SSSR count). The Labute approximate surface area is 122 Å². The molecule has 0 atom stereocenters. The molecule has 1 saturated carbocycles. The number of halogens is 2. The van der Waals surface area contributed by atoms with Gasteiger partial charge < -0.3 is 0 Å². The third-order valence-corrected chi connectivity index (χ3v) is 7.32. The van der Waals surface area contributed by atoms with E-state index in [4.69, 9.17) is 0 Å². The summed E-state index contributed by atoms with van der Waals surface area (Å²) in [7, 11) is 0.303. The minimum atomic E-state index is -0.728. The Balaban J connectivity index is 1.58. The first-order valence-electron chi connectivity index (χ1n) is 8.19. The summed E-state index contributed by atoms with van der Waals surface area (Å²) in [6.07, 6.45) is 7.85. The average Bonchev–Trinajstić information content (AvgIpc) is 2.51. The van der Waals surface area contributed by atoms with Crippen LogP contribution in [0, 0.1) is 23.5 Å². The molecule has 2 aliphatic rings. The van der Waals surface area contributed by atoms with Crippen LogP contribution in [-0.2, 0) is 0 Å². The molecule has 1 aromatic rings. The van der Waals surface area contributed by atoms with Crippen molar-refractivity contribution in [3.63, 3.8) is 0 Å². The van der Waals surface area contributed by atoms with E-state index < -0.39 is 11.6 Å². The second-order valence-corrected chi connectivity index (χ2v) is 8.80. The Hall–Kier alpha value is -0.703. The molecular formula is C17H24F2Si.